The summed E-state index contributed by atoms with van der Waals surface area (Å²) >= 11 is 0. The molecule has 3 aromatic carbocycles. The predicted octanol–water partition coefficient (Wildman–Crippen LogP) is 5.63. The first-order valence-corrected chi connectivity index (χ1v) is 9.18. The molecule has 0 saturated carbocycles. The Hall–Kier alpha value is -3.02. The van der Waals surface area contributed by atoms with Gasteiger partial charge < -0.3 is 9.64 Å². The minimum Gasteiger partial charge on any atom is -0.497 e. The van der Waals surface area contributed by atoms with Crippen molar-refractivity contribution in [3.8, 4) is 5.75 Å². The maximum atomic E-state index is 12.8. The number of likely N-dealkylation sites (N-methyl/N-ethyl adjacent to an activating group) is 1. The molecule has 0 saturated heterocycles. The molecule has 0 aliphatic rings. The molecule has 3 rings (SSSR count). The summed E-state index contributed by atoms with van der Waals surface area (Å²) in [6, 6.07) is 16.5. The van der Waals surface area contributed by atoms with Crippen LogP contribution >= 0.6 is 0 Å². The molecule has 29 heavy (non-hydrogen) atoms. The Bertz CT molecular complexity index is 1010. The Kier molecular flexibility index (Phi) is 5.82. The number of hydrogen-bond acceptors (Lipinski definition) is 2. The fourth-order valence-electron chi connectivity index (χ4n) is 3.26. The van der Waals surface area contributed by atoms with Gasteiger partial charge in [0, 0.05) is 13.6 Å². The van der Waals surface area contributed by atoms with Gasteiger partial charge in [-0.2, -0.15) is 13.2 Å². The van der Waals surface area contributed by atoms with Gasteiger partial charge in [-0.15, -0.1) is 0 Å². The zero-order valence-corrected chi connectivity index (χ0v) is 16.5. The zero-order valence-electron chi connectivity index (χ0n) is 16.5. The smallest absolute Gasteiger partial charge is 0.416 e. The lowest BCUT2D eigenvalue weighted by molar-refractivity contribution is -0.137. The van der Waals surface area contributed by atoms with Crippen molar-refractivity contribution in [2.75, 3.05) is 14.2 Å². The van der Waals surface area contributed by atoms with Gasteiger partial charge in [0.15, 0.2) is 0 Å². The van der Waals surface area contributed by atoms with Crippen molar-refractivity contribution in [1.82, 2.24) is 4.90 Å². The zero-order chi connectivity index (χ0) is 21.2. The summed E-state index contributed by atoms with van der Waals surface area (Å²) in [6.07, 6.45) is -4.37. The molecule has 0 fully saturated rings. The van der Waals surface area contributed by atoms with E-state index in [1.54, 1.807) is 14.2 Å². The van der Waals surface area contributed by atoms with Crippen LogP contribution < -0.4 is 4.74 Å². The molecule has 3 aromatic rings. The molecule has 1 atom stereocenters. The lowest BCUT2D eigenvalue weighted by atomic mass is 9.96. The van der Waals surface area contributed by atoms with Gasteiger partial charge in [0.25, 0.3) is 0 Å². The van der Waals surface area contributed by atoms with Crippen LogP contribution in [0.5, 0.6) is 5.75 Å². The highest BCUT2D eigenvalue weighted by Gasteiger charge is 2.30. The minimum atomic E-state index is -4.37. The SMILES string of the molecule is COc1ccc2cc(C(C)C(=O)N(C)Cc3ccc(C(F)(F)F)cc3)ccc2c1. The maximum Gasteiger partial charge on any atom is 0.416 e. The van der Waals surface area contributed by atoms with Crippen LogP contribution in [0.4, 0.5) is 13.2 Å². The van der Waals surface area contributed by atoms with Crippen molar-refractivity contribution < 1.29 is 22.7 Å². The van der Waals surface area contributed by atoms with Gasteiger partial charge in [-0.25, -0.2) is 0 Å². The van der Waals surface area contributed by atoms with Crippen LogP contribution in [0, 0.1) is 0 Å². The van der Waals surface area contributed by atoms with E-state index >= 15 is 0 Å². The quantitative estimate of drug-likeness (QED) is 0.555. The minimum absolute atomic E-state index is 0.0993. The number of ether oxygens (including phenoxy) is 1. The fraction of sp³-hybridized carbons (Fsp3) is 0.261. The lowest BCUT2D eigenvalue weighted by Gasteiger charge is -2.22. The van der Waals surface area contributed by atoms with Crippen LogP contribution in [-0.2, 0) is 17.5 Å². The maximum absolute atomic E-state index is 12.8. The molecule has 0 spiro atoms. The molecule has 0 radical (unpaired) electrons. The van der Waals surface area contributed by atoms with Crippen LogP contribution in [0.15, 0.2) is 60.7 Å². The average molecular weight is 401 g/mol. The van der Waals surface area contributed by atoms with Crippen molar-refractivity contribution in [2.45, 2.75) is 25.6 Å². The summed E-state index contributed by atoms with van der Waals surface area (Å²) in [5.41, 5.74) is 0.829. The van der Waals surface area contributed by atoms with Gasteiger partial charge in [-0.05, 0) is 53.1 Å². The number of carbonyl (C=O) groups is 1. The molecule has 0 heterocycles. The monoisotopic (exact) mass is 401 g/mol. The van der Waals surface area contributed by atoms with Crippen LogP contribution in [0.25, 0.3) is 10.8 Å². The van der Waals surface area contributed by atoms with Crippen LogP contribution in [-0.4, -0.2) is 25.0 Å². The number of nitrogens with zero attached hydrogens (tertiary/aromatic N) is 1. The molecule has 0 N–H and O–H groups in total. The molecule has 0 aromatic heterocycles. The first kappa shape index (κ1) is 20.7. The summed E-state index contributed by atoms with van der Waals surface area (Å²) < 4.78 is 43.3. The molecular weight excluding hydrogens is 379 g/mol. The summed E-state index contributed by atoms with van der Waals surface area (Å²) in [5.74, 6) is 0.296. The largest absolute Gasteiger partial charge is 0.497 e. The van der Waals surface area contributed by atoms with Crippen LogP contribution in [0.1, 0.15) is 29.5 Å². The Morgan fingerprint density at radius 2 is 1.62 bits per heavy atom. The van der Waals surface area contributed by atoms with Crippen molar-refractivity contribution in [3.05, 3.63) is 77.4 Å². The van der Waals surface area contributed by atoms with E-state index in [1.165, 1.54) is 17.0 Å². The fourth-order valence-corrected chi connectivity index (χ4v) is 3.26. The van der Waals surface area contributed by atoms with Crippen LogP contribution in [0.2, 0.25) is 0 Å². The Labute approximate surface area is 167 Å². The van der Waals surface area contributed by atoms with E-state index in [0.29, 0.717) is 5.56 Å². The summed E-state index contributed by atoms with van der Waals surface area (Å²) in [5, 5.41) is 2.03. The number of carbonyl (C=O) groups excluding carboxylic acids is 1. The number of benzene rings is 3. The van der Waals surface area contributed by atoms with Gasteiger partial charge in [0.1, 0.15) is 5.75 Å². The van der Waals surface area contributed by atoms with Crippen molar-refractivity contribution >= 4 is 16.7 Å². The third-order valence-electron chi connectivity index (χ3n) is 5.02. The van der Waals surface area contributed by atoms with E-state index in [4.69, 9.17) is 4.74 Å². The molecule has 1 amide bonds. The number of alkyl halides is 3. The third kappa shape index (κ3) is 4.70. The van der Waals surface area contributed by atoms with E-state index in [9.17, 15) is 18.0 Å². The van der Waals surface area contributed by atoms with E-state index in [1.807, 2.05) is 43.3 Å². The summed E-state index contributed by atoms with van der Waals surface area (Å²) in [4.78, 5) is 14.4. The number of hydrogen-bond donors (Lipinski definition) is 0. The Morgan fingerprint density at radius 1 is 1.00 bits per heavy atom. The number of amides is 1. The van der Waals surface area contributed by atoms with Gasteiger partial charge in [0.05, 0.1) is 18.6 Å². The van der Waals surface area contributed by atoms with Gasteiger partial charge in [0.2, 0.25) is 5.91 Å². The first-order valence-electron chi connectivity index (χ1n) is 9.18. The van der Waals surface area contributed by atoms with E-state index in [-0.39, 0.29) is 18.4 Å². The molecule has 1 unspecified atom stereocenters. The predicted molar refractivity (Wildman–Crippen MR) is 107 cm³/mol. The Balaban J connectivity index is 1.72. The van der Waals surface area contributed by atoms with E-state index in [2.05, 4.69) is 0 Å². The highest BCUT2D eigenvalue weighted by atomic mass is 19.4. The standard InChI is InChI=1S/C23H22F3NO2/c1-15(17-6-7-19-13-21(29-3)11-8-18(19)12-17)22(28)27(2)14-16-4-9-20(10-5-16)23(24,25)26/h4-13,15H,14H2,1-3H3. The molecule has 0 aliphatic heterocycles. The van der Waals surface area contributed by atoms with E-state index in [0.717, 1.165) is 34.2 Å². The molecular formula is C23H22F3NO2. The third-order valence-corrected chi connectivity index (χ3v) is 5.02. The number of methoxy groups -OCH3 is 1. The number of halogens is 3. The number of rotatable bonds is 5. The highest BCUT2D eigenvalue weighted by Crippen LogP contribution is 2.30. The van der Waals surface area contributed by atoms with Crippen LogP contribution in [0.3, 0.4) is 0 Å². The van der Waals surface area contributed by atoms with Gasteiger partial charge >= 0.3 is 6.18 Å². The number of fused-ring (bicyclic) bond motifs is 1. The average Bonchev–Trinajstić information content (AvgIpc) is 2.71. The topological polar surface area (TPSA) is 29.5 Å². The van der Waals surface area contributed by atoms with Crippen molar-refractivity contribution in [2.24, 2.45) is 0 Å². The molecule has 6 heteroatoms. The van der Waals surface area contributed by atoms with Crippen molar-refractivity contribution in [1.29, 1.82) is 0 Å². The second-order valence-electron chi connectivity index (χ2n) is 7.08. The van der Waals surface area contributed by atoms with Gasteiger partial charge in [-0.1, -0.05) is 36.4 Å². The molecule has 152 valence electrons. The Morgan fingerprint density at radius 3 is 2.24 bits per heavy atom. The summed E-state index contributed by atoms with van der Waals surface area (Å²) in [7, 11) is 3.27. The molecule has 0 aliphatic carbocycles. The second kappa shape index (κ2) is 8.15. The molecule has 0 bridgehead atoms. The lowest BCUT2D eigenvalue weighted by Crippen LogP contribution is -2.30. The first-order chi connectivity index (χ1) is 13.7. The second-order valence-corrected chi connectivity index (χ2v) is 7.08. The van der Waals surface area contributed by atoms with Crippen molar-refractivity contribution in [3.63, 3.8) is 0 Å². The van der Waals surface area contributed by atoms with Gasteiger partial charge in [-0.3, -0.25) is 4.79 Å². The highest BCUT2D eigenvalue weighted by molar-refractivity contribution is 5.88. The summed E-state index contributed by atoms with van der Waals surface area (Å²) in [6.45, 7) is 2.07. The van der Waals surface area contributed by atoms with E-state index < -0.39 is 11.7 Å². The normalized spacial score (nSPS) is 12.6. The molecule has 3 nitrogen and oxygen atoms in total.